The molecule has 0 spiro atoms. The zero-order chi connectivity index (χ0) is 52.4. The van der Waals surface area contributed by atoms with E-state index >= 15 is 0 Å². The Hall–Kier alpha value is -8.56. The van der Waals surface area contributed by atoms with Gasteiger partial charge in [0.2, 0.25) is 40.8 Å². The zero-order valence-electron chi connectivity index (χ0n) is 41.3. The fraction of sp³-hybridized carbons (Fsp3) is 0.169. The summed E-state index contributed by atoms with van der Waals surface area (Å²) in [7, 11) is 0. The van der Waals surface area contributed by atoms with Gasteiger partial charge in [-0.25, -0.2) is 0 Å². The number of benzene rings is 8. The zero-order valence-corrected chi connectivity index (χ0v) is 44.3. The Bertz CT molecular complexity index is 3190. The average Bonchev–Trinajstić information content (AvgIpc) is 4.32. The molecule has 79 heavy (non-hydrogen) atoms. The van der Waals surface area contributed by atoms with Gasteiger partial charge < -0.3 is 99.4 Å². The molecule has 0 saturated carbocycles. The molecule has 0 aromatic heterocycles. The van der Waals surface area contributed by atoms with Crippen molar-refractivity contribution < 1.29 is 104 Å². The molecule has 0 amide bonds. The minimum absolute atomic E-state index is 0. The molecule has 0 atom stereocenters. The van der Waals surface area contributed by atoms with Crippen LogP contribution >= 0.6 is 0 Å². The molecule has 8 aromatic carbocycles. The van der Waals surface area contributed by atoms with Crippen LogP contribution in [0.5, 0.6) is 92.0 Å². The molecule has 404 valence electrons. The Balaban J connectivity index is 0.000000145. The van der Waals surface area contributed by atoms with E-state index in [0.29, 0.717) is 66.9 Å². The monoisotopic (exact) mass is 1150 g/mol. The van der Waals surface area contributed by atoms with Gasteiger partial charge in [-0.2, -0.15) is 12.1 Å². The third-order valence-corrected chi connectivity index (χ3v) is 11.9. The topological polar surface area (TPSA) is 229 Å². The number of aromatic hydroxyl groups is 4. The van der Waals surface area contributed by atoms with Crippen LogP contribution in [0.3, 0.4) is 0 Å². The van der Waals surface area contributed by atoms with Gasteiger partial charge in [0.1, 0.15) is 12.4 Å². The summed E-state index contributed by atoms with van der Waals surface area (Å²) >= 11 is 0. The molecule has 0 unspecified atom stereocenters. The van der Waals surface area contributed by atoms with Crippen LogP contribution in [-0.4, -0.2) is 95.6 Å². The predicted octanol–water partition coefficient (Wildman–Crippen LogP) is 6.76. The van der Waals surface area contributed by atoms with Gasteiger partial charge in [-0.1, -0.05) is 43.8 Å². The van der Waals surface area contributed by atoms with E-state index in [1.54, 1.807) is 66.7 Å². The van der Waals surface area contributed by atoms with E-state index in [2.05, 4.69) is 18.2 Å². The fourth-order valence-electron chi connectivity index (χ4n) is 8.07. The maximum absolute atomic E-state index is 10.5. The first-order valence-corrected chi connectivity index (χ1v) is 23.5. The maximum atomic E-state index is 10.5. The van der Waals surface area contributed by atoms with Crippen LogP contribution < -0.4 is 73.8 Å². The van der Waals surface area contributed by atoms with Crippen LogP contribution in [0.2, 0.25) is 0 Å². The first kappa shape index (κ1) is 58.1. The van der Waals surface area contributed by atoms with E-state index < -0.39 is 6.10 Å². The van der Waals surface area contributed by atoms with Crippen molar-refractivity contribution in [2.75, 3.05) is 40.8 Å². The average molecular weight is 1150 g/mol. The first-order chi connectivity index (χ1) is 37.1. The second-order valence-electron chi connectivity index (χ2n) is 17.0. The molecule has 0 fully saturated rings. The van der Waals surface area contributed by atoms with Gasteiger partial charge in [-0.15, -0.1) is 12.1 Å². The van der Waals surface area contributed by atoms with Gasteiger partial charge in [0.15, 0.2) is 80.5 Å². The van der Waals surface area contributed by atoms with Gasteiger partial charge in [-0.05, 0) is 137 Å². The van der Waals surface area contributed by atoms with Crippen molar-refractivity contribution in [3.8, 4) is 92.0 Å². The maximum Gasteiger partial charge on any atom is 2.00 e. The summed E-state index contributed by atoms with van der Waals surface area (Å²) in [5, 5.41) is 47.5. The summed E-state index contributed by atoms with van der Waals surface area (Å²) in [6.07, 6.45) is 1.34. The number of halogens is 1. The van der Waals surface area contributed by atoms with Crippen LogP contribution in [0, 0.1) is 6.07 Å². The molecule has 0 saturated heterocycles. The number of aliphatic hydroxyl groups is 1. The number of carbonyl (C=O) groups is 1. The Morgan fingerprint density at radius 1 is 0.392 bits per heavy atom. The number of ether oxygens (including phenoxy) is 12. The summed E-state index contributed by atoms with van der Waals surface area (Å²) in [6, 6.07) is 45.3. The predicted molar refractivity (Wildman–Crippen MR) is 281 cm³/mol. The van der Waals surface area contributed by atoms with Crippen LogP contribution in [-0.2, 0) is 12.8 Å². The van der Waals surface area contributed by atoms with Gasteiger partial charge in [0.05, 0.1) is 11.5 Å². The number of fused-ring (bicyclic) bond motifs is 6. The van der Waals surface area contributed by atoms with Crippen LogP contribution in [0.25, 0.3) is 0 Å². The third-order valence-electron chi connectivity index (χ3n) is 11.9. The van der Waals surface area contributed by atoms with Gasteiger partial charge in [0.25, 0.3) is 0 Å². The second kappa shape index (κ2) is 27.2. The van der Waals surface area contributed by atoms with Gasteiger partial charge in [-0.3, -0.25) is 4.79 Å². The van der Waals surface area contributed by atoms with E-state index in [0.717, 1.165) is 69.5 Å². The van der Waals surface area contributed by atoms with E-state index in [1.165, 1.54) is 35.4 Å². The number of hydrogen-bond donors (Lipinski definition) is 5. The van der Waals surface area contributed by atoms with Crippen LogP contribution in [0.1, 0.15) is 57.3 Å². The SMILES string of the molecule is C.O=Cc1ccc2c(c1)OCO2.OC(c1ccc2c(c1)OCO2)c1ccc2c(c1)OCO2.Oc1ccc(Cc2ccc(O)c(O)c2)cc1O.[Br-].[Mg+2].[c-]1ccc2c(c1)OCO2.c1cc2c(cc1Cc1ccc3c(c1)OCO3)OCO2. The Kier molecular flexibility index (Phi) is 20.0. The molecule has 20 heteroatoms. The molecule has 14 rings (SSSR count). The molecular formula is C59H51BrMgO18. The quantitative estimate of drug-likeness (QED) is 0.0480. The van der Waals surface area contributed by atoms with Gasteiger partial charge in [0, 0.05) is 5.56 Å². The number of rotatable bonds is 7. The van der Waals surface area contributed by atoms with Crippen molar-refractivity contribution in [1.29, 1.82) is 0 Å². The number of aliphatic hydroxyl groups excluding tert-OH is 1. The number of carbonyl (C=O) groups excluding carboxylic acids is 1. The van der Waals surface area contributed by atoms with Crippen molar-refractivity contribution in [2.45, 2.75) is 26.4 Å². The normalized spacial score (nSPS) is 12.9. The molecular weight excluding hydrogens is 1100 g/mol. The smallest absolute Gasteiger partial charge is 1.00 e. The summed E-state index contributed by atoms with van der Waals surface area (Å²) in [5.41, 5.74) is 6.05. The number of phenolic OH excluding ortho intramolecular Hbond substituents is 4. The van der Waals surface area contributed by atoms with E-state index in [1.807, 2.05) is 42.5 Å². The Morgan fingerprint density at radius 2 is 0.722 bits per heavy atom. The van der Waals surface area contributed by atoms with Crippen LogP contribution in [0.4, 0.5) is 0 Å². The third kappa shape index (κ3) is 14.5. The van der Waals surface area contributed by atoms with Crippen molar-refractivity contribution >= 4 is 29.3 Å². The molecule has 8 aromatic rings. The summed E-state index contributed by atoms with van der Waals surface area (Å²) in [6.45, 7) is 1.65. The minimum Gasteiger partial charge on any atom is -1.00 e. The Labute approximate surface area is 480 Å². The molecule has 0 bridgehead atoms. The summed E-state index contributed by atoms with van der Waals surface area (Å²) < 4.78 is 62.8. The molecule has 5 N–H and O–H groups in total. The van der Waals surface area contributed by atoms with Crippen molar-refractivity contribution in [2.24, 2.45) is 0 Å². The Morgan fingerprint density at radius 3 is 1.13 bits per heavy atom. The minimum atomic E-state index is -0.751. The molecule has 6 aliphatic rings. The number of aldehydes is 1. The van der Waals surface area contributed by atoms with Gasteiger partial charge >= 0.3 is 23.1 Å². The first-order valence-electron chi connectivity index (χ1n) is 23.5. The standard InChI is InChI=1S/C15H12O5.C15H12O4.C13H12O4.C8H6O3.C7H5O2.CH4.BrH.Mg/c16-15(9-1-3-11-13(5-9)19-7-17-11)10-2-4-12-14(6-10)20-8-18-12;1-3-12-14(18-8-16-12)6-10(1)5-11-2-4-13-15(7-11)19-9-17-13;14-10-3-1-8(6-12(10)16)5-9-2-4-11(15)13(17)7-9;9-4-6-1-2-7-8(3-6)11-5-10-7;1-2-4-7-6(3-1)8-5-9-7;;;/h1-6,15-16H,7-8H2;1-4,6-7H,5,8-9H2;1-4,6-7,14-17H,5H2;1-4H,5H2;1,3-4H,5H2;1H4;1H;/q;;;;-1;;;+2/p-1. The molecule has 0 radical (unpaired) electrons. The van der Waals surface area contributed by atoms with E-state index in [9.17, 15) is 20.1 Å². The van der Waals surface area contributed by atoms with E-state index in [4.69, 9.17) is 67.1 Å². The molecule has 18 nitrogen and oxygen atoms in total. The van der Waals surface area contributed by atoms with Crippen LogP contribution in [0.15, 0.2) is 146 Å². The number of phenols is 4. The number of hydrogen-bond acceptors (Lipinski definition) is 18. The largest absolute Gasteiger partial charge is 2.00 e. The van der Waals surface area contributed by atoms with E-state index in [-0.39, 0.29) is 90.8 Å². The van der Waals surface area contributed by atoms with Crippen molar-refractivity contribution in [3.63, 3.8) is 0 Å². The second-order valence-corrected chi connectivity index (χ2v) is 17.0. The summed E-state index contributed by atoms with van der Waals surface area (Å²) in [4.78, 5) is 10.3. The van der Waals surface area contributed by atoms with Crippen molar-refractivity contribution in [1.82, 2.24) is 0 Å². The molecule has 6 heterocycles. The molecule has 6 aliphatic heterocycles. The molecule has 0 aliphatic carbocycles. The summed E-state index contributed by atoms with van der Waals surface area (Å²) in [5.74, 6) is 8.25. The van der Waals surface area contributed by atoms with Crippen molar-refractivity contribution in [3.05, 3.63) is 191 Å². The fourth-order valence-corrected chi connectivity index (χ4v) is 8.07.